The van der Waals surface area contributed by atoms with Crippen molar-refractivity contribution in [3.05, 3.63) is 36.5 Å². The Morgan fingerprint density at radius 3 is 2.85 bits per heavy atom. The van der Waals surface area contributed by atoms with E-state index in [-0.39, 0.29) is 0 Å². The van der Waals surface area contributed by atoms with Gasteiger partial charge >= 0.3 is 0 Å². The second-order valence-corrected chi connectivity index (χ2v) is 2.41. The second kappa shape index (κ2) is 3.18. The summed E-state index contributed by atoms with van der Waals surface area (Å²) in [6.45, 7) is 0. The number of hydrogen-bond acceptors (Lipinski definition) is 4. The fraction of sp³-hybridized carbons (Fsp3) is 0. The topological polar surface area (TPSA) is 56.0 Å². The number of hydrogen-bond donors (Lipinski definition) is 0. The van der Waals surface area contributed by atoms with E-state index >= 15 is 0 Å². The molecule has 0 saturated heterocycles. The molecule has 0 radical (unpaired) electrons. The fourth-order valence-electron chi connectivity index (χ4n) is 0.990. The lowest BCUT2D eigenvalue weighted by atomic mass is 10.3. The fourth-order valence-corrected chi connectivity index (χ4v) is 0.990. The van der Waals surface area contributed by atoms with Gasteiger partial charge < -0.3 is 4.42 Å². The molecule has 2 rings (SSSR count). The van der Waals surface area contributed by atoms with Crippen molar-refractivity contribution < 1.29 is 9.21 Å². The second-order valence-electron chi connectivity index (χ2n) is 2.41. The maximum Gasteiger partial charge on any atom is 0.185 e. The van der Waals surface area contributed by atoms with Crippen LogP contribution in [0.2, 0.25) is 0 Å². The monoisotopic (exact) mass is 174 g/mol. The Labute approximate surface area is 74.2 Å². The van der Waals surface area contributed by atoms with Crippen molar-refractivity contribution in [2.45, 2.75) is 0 Å². The predicted octanol–water partition coefficient (Wildman–Crippen LogP) is 1.55. The summed E-state index contributed by atoms with van der Waals surface area (Å²) in [7, 11) is 0. The number of carbonyl (C=O) groups is 1. The molecule has 0 N–H and O–H groups in total. The molecule has 0 atom stereocenters. The standard InChI is InChI=1S/C9H6N2O2/c12-5-7-1-2-9(13-7)8-3-4-10-6-11-8/h1-6H. The average Bonchev–Trinajstić information content (AvgIpc) is 2.67. The normalized spacial score (nSPS) is 9.85. The third-order valence-corrected chi connectivity index (χ3v) is 1.58. The highest BCUT2D eigenvalue weighted by molar-refractivity contribution is 5.72. The van der Waals surface area contributed by atoms with Crippen LogP contribution >= 0.6 is 0 Å². The summed E-state index contributed by atoms with van der Waals surface area (Å²) < 4.78 is 5.16. The molecule has 0 bridgehead atoms. The minimum Gasteiger partial charge on any atom is -0.452 e. The van der Waals surface area contributed by atoms with E-state index in [0.717, 1.165) is 0 Å². The molecule has 0 amide bonds. The van der Waals surface area contributed by atoms with Crippen LogP contribution < -0.4 is 0 Å². The Hall–Kier alpha value is -1.97. The summed E-state index contributed by atoms with van der Waals surface area (Å²) in [6.07, 6.45) is 3.70. The molecule has 13 heavy (non-hydrogen) atoms. The van der Waals surface area contributed by atoms with Crippen LogP contribution in [0.25, 0.3) is 11.5 Å². The molecule has 0 aliphatic rings. The first kappa shape index (κ1) is 7.67. The van der Waals surface area contributed by atoms with Gasteiger partial charge in [-0.05, 0) is 18.2 Å². The summed E-state index contributed by atoms with van der Waals surface area (Å²) in [6, 6.07) is 5.02. The third-order valence-electron chi connectivity index (χ3n) is 1.58. The summed E-state index contributed by atoms with van der Waals surface area (Å²) in [5, 5.41) is 0. The first-order valence-electron chi connectivity index (χ1n) is 3.71. The van der Waals surface area contributed by atoms with Crippen LogP contribution in [-0.4, -0.2) is 16.3 Å². The molecule has 4 nitrogen and oxygen atoms in total. The van der Waals surface area contributed by atoms with Crippen molar-refractivity contribution >= 4 is 6.29 Å². The maximum atomic E-state index is 10.3. The highest BCUT2D eigenvalue weighted by Gasteiger charge is 2.03. The van der Waals surface area contributed by atoms with Crippen molar-refractivity contribution in [1.29, 1.82) is 0 Å². The van der Waals surface area contributed by atoms with Gasteiger partial charge in [-0.1, -0.05) is 0 Å². The Kier molecular flexibility index (Phi) is 1.88. The number of furan rings is 1. The van der Waals surface area contributed by atoms with Gasteiger partial charge in [-0.2, -0.15) is 0 Å². The van der Waals surface area contributed by atoms with Gasteiger partial charge in [0.1, 0.15) is 12.0 Å². The van der Waals surface area contributed by atoms with Gasteiger partial charge in [0.2, 0.25) is 0 Å². The largest absolute Gasteiger partial charge is 0.452 e. The van der Waals surface area contributed by atoms with E-state index in [0.29, 0.717) is 23.5 Å². The molecule has 2 heterocycles. The molecule has 64 valence electrons. The van der Waals surface area contributed by atoms with E-state index in [9.17, 15) is 4.79 Å². The van der Waals surface area contributed by atoms with Crippen LogP contribution in [0.4, 0.5) is 0 Å². The molecular weight excluding hydrogens is 168 g/mol. The van der Waals surface area contributed by atoms with Gasteiger partial charge in [-0.3, -0.25) is 4.79 Å². The van der Waals surface area contributed by atoms with Gasteiger partial charge in [-0.25, -0.2) is 9.97 Å². The predicted molar refractivity (Wildman–Crippen MR) is 45.1 cm³/mol. The van der Waals surface area contributed by atoms with Crippen LogP contribution in [0.3, 0.4) is 0 Å². The van der Waals surface area contributed by atoms with Gasteiger partial charge in [0.05, 0.1) is 0 Å². The lowest BCUT2D eigenvalue weighted by Crippen LogP contribution is -1.80. The van der Waals surface area contributed by atoms with Crippen LogP contribution in [0.5, 0.6) is 0 Å². The van der Waals surface area contributed by atoms with E-state index in [1.807, 2.05) is 0 Å². The molecule has 0 fully saturated rings. The minimum atomic E-state index is 0.300. The SMILES string of the molecule is O=Cc1ccc(-c2ccncn2)o1. The molecule has 2 aromatic rings. The van der Waals surface area contributed by atoms with Crippen LogP contribution in [0.15, 0.2) is 35.1 Å². The zero-order valence-corrected chi connectivity index (χ0v) is 6.68. The van der Waals surface area contributed by atoms with E-state index < -0.39 is 0 Å². The molecule has 0 aromatic carbocycles. The molecule has 0 aliphatic heterocycles. The van der Waals surface area contributed by atoms with E-state index in [1.165, 1.54) is 6.33 Å². The molecule has 0 spiro atoms. The first-order valence-corrected chi connectivity index (χ1v) is 3.71. The van der Waals surface area contributed by atoms with Crippen molar-refractivity contribution in [3.8, 4) is 11.5 Å². The summed E-state index contributed by atoms with van der Waals surface area (Å²) in [5.41, 5.74) is 0.670. The number of aldehydes is 1. The first-order chi connectivity index (χ1) is 6.40. The minimum absolute atomic E-state index is 0.300. The number of carbonyl (C=O) groups excluding carboxylic acids is 1. The van der Waals surface area contributed by atoms with Crippen LogP contribution in [0, 0.1) is 0 Å². The summed E-state index contributed by atoms with van der Waals surface area (Å²) in [4.78, 5) is 18.1. The zero-order valence-electron chi connectivity index (χ0n) is 6.68. The highest BCUT2D eigenvalue weighted by Crippen LogP contribution is 2.17. The Bertz CT molecular complexity index is 409. The van der Waals surface area contributed by atoms with Gasteiger partial charge in [-0.15, -0.1) is 0 Å². The third kappa shape index (κ3) is 1.46. The Morgan fingerprint density at radius 1 is 1.31 bits per heavy atom. The summed E-state index contributed by atoms with van der Waals surface area (Å²) in [5.74, 6) is 0.873. The molecule has 4 heteroatoms. The number of nitrogens with zero attached hydrogens (tertiary/aromatic N) is 2. The van der Waals surface area contributed by atoms with Gasteiger partial charge in [0.25, 0.3) is 0 Å². The molecular formula is C9H6N2O2. The number of rotatable bonds is 2. The van der Waals surface area contributed by atoms with Crippen molar-refractivity contribution in [1.82, 2.24) is 9.97 Å². The Balaban J connectivity index is 2.41. The van der Waals surface area contributed by atoms with Gasteiger partial charge in [0, 0.05) is 6.20 Å². The Morgan fingerprint density at radius 2 is 2.23 bits per heavy atom. The van der Waals surface area contributed by atoms with Crippen LogP contribution in [0.1, 0.15) is 10.6 Å². The van der Waals surface area contributed by atoms with E-state index in [2.05, 4.69) is 9.97 Å². The lowest BCUT2D eigenvalue weighted by Gasteiger charge is -1.91. The van der Waals surface area contributed by atoms with Crippen molar-refractivity contribution in [3.63, 3.8) is 0 Å². The van der Waals surface area contributed by atoms with Crippen LogP contribution in [-0.2, 0) is 0 Å². The van der Waals surface area contributed by atoms with E-state index in [1.54, 1.807) is 24.4 Å². The smallest absolute Gasteiger partial charge is 0.185 e. The van der Waals surface area contributed by atoms with Crippen molar-refractivity contribution in [2.24, 2.45) is 0 Å². The average molecular weight is 174 g/mol. The number of aromatic nitrogens is 2. The molecule has 0 unspecified atom stereocenters. The highest BCUT2D eigenvalue weighted by atomic mass is 16.3. The lowest BCUT2D eigenvalue weighted by molar-refractivity contribution is 0.110. The van der Waals surface area contributed by atoms with E-state index in [4.69, 9.17) is 4.42 Å². The zero-order chi connectivity index (χ0) is 9.10. The summed E-state index contributed by atoms with van der Waals surface area (Å²) >= 11 is 0. The molecule has 0 aliphatic carbocycles. The van der Waals surface area contributed by atoms with Crippen molar-refractivity contribution in [2.75, 3.05) is 0 Å². The molecule has 0 saturated carbocycles. The molecule has 2 aromatic heterocycles. The van der Waals surface area contributed by atoms with Gasteiger partial charge in [0.15, 0.2) is 17.8 Å². The maximum absolute atomic E-state index is 10.3. The quantitative estimate of drug-likeness (QED) is 0.648.